The van der Waals surface area contributed by atoms with Crippen molar-refractivity contribution in [3.05, 3.63) is 41.6 Å². The van der Waals surface area contributed by atoms with Crippen LogP contribution in [-0.2, 0) is 6.54 Å². The maximum Gasteiger partial charge on any atom is 0.115 e. The summed E-state index contributed by atoms with van der Waals surface area (Å²) in [6.07, 6.45) is 6.92. The van der Waals surface area contributed by atoms with E-state index in [1.54, 1.807) is 6.07 Å². The molecule has 0 aliphatic heterocycles. The second-order valence-electron chi connectivity index (χ2n) is 6.47. The second kappa shape index (κ2) is 5.97. The van der Waals surface area contributed by atoms with E-state index in [1.807, 2.05) is 12.1 Å². The number of aryl methyl sites for hydroxylation is 2. The molecule has 0 amide bonds. The van der Waals surface area contributed by atoms with Gasteiger partial charge >= 0.3 is 0 Å². The summed E-state index contributed by atoms with van der Waals surface area (Å²) < 4.78 is 2.47. The van der Waals surface area contributed by atoms with E-state index >= 15 is 0 Å². The van der Waals surface area contributed by atoms with Crippen molar-refractivity contribution in [1.29, 1.82) is 0 Å². The zero-order valence-electron chi connectivity index (χ0n) is 13.1. The molecule has 0 spiro atoms. The van der Waals surface area contributed by atoms with E-state index in [-0.39, 0.29) is 0 Å². The number of phenols is 1. The third kappa shape index (κ3) is 2.99. The Morgan fingerprint density at radius 3 is 2.52 bits per heavy atom. The SMILES string of the molecule is Cc1cc(O)ccc1-c1ccc(C)n1CC1CCCCC1. The molecular formula is C19H25NO. The van der Waals surface area contributed by atoms with Crippen LogP contribution in [0.25, 0.3) is 11.3 Å². The molecule has 2 aromatic rings. The van der Waals surface area contributed by atoms with Gasteiger partial charge in [0.05, 0.1) is 0 Å². The number of phenolic OH excluding ortho intramolecular Hbond substituents is 1. The minimum absolute atomic E-state index is 0.346. The molecule has 0 radical (unpaired) electrons. The van der Waals surface area contributed by atoms with Crippen molar-refractivity contribution >= 4 is 0 Å². The van der Waals surface area contributed by atoms with Gasteiger partial charge in [-0.3, -0.25) is 0 Å². The molecular weight excluding hydrogens is 258 g/mol. The van der Waals surface area contributed by atoms with Crippen LogP contribution in [0.4, 0.5) is 0 Å². The average Bonchev–Trinajstić information content (AvgIpc) is 2.82. The molecule has 21 heavy (non-hydrogen) atoms. The van der Waals surface area contributed by atoms with Gasteiger partial charge in [0.1, 0.15) is 5.75 Å². The van der Waals surface area contributed by atoms with Crippen molar-refractivity contribution in [2.24, 2.45) is 5.92 Å². The maximum absolute atomic E-state index is 9.61. The number of hydrogen-bond acceptors (Lipinski definition) is 1. The van der Waals surface area contributed by atoms with Gasteiger partial charge in [-0.25, -0.2) is 0 Å². The highest BCUT2D eigenvalue weighted by Crippen LogP contribution is 2.31. The zero-order valence-corrected chi connectivity index (χ0v) is 13.1. The van der Waals surface area contributed by atoms with Gasteiger partial charge in [0, 0.05) is 23.5 Å². The van der Waals surface area contributed by atoms with Crippen molar-refractivity contribution in [2.45, 2.75) is 52.5 Å². The molecule has 1 aliphatic rings. The Balaban J connectivity index is 1.92. The van der Waals surface area contributed by atoms with Gasteiger partial charge in [0.15, 0.2) is 0 Å². The van der Waals surface area contributed by atoms with Crippen LogP contribution in [0.15, 0.2) is 30.3 Å². The second-order valence-corrected chi connectivity index (χ2v) is 6.47. The predicted molar refractivity (Wildman–Crippen MR) is 87.6 cm³/mol. The van der Waals surface area contributed by atoms with Gasteiger partial charge in [-0.15, -0.1) is 0 Å². The lowest BCUT2D eigenvalue weighted by Gasteiger charge is -2.24. The van der Waals surface area contributed by atoms with Gasteiger partial charge in [0.25, 0.3) is 0 Å². The van der Waals surface area contributed by atoms with E-state index in [2.05, 4.69) is 30.5 Å². The quantitative estimate of drug-likeness (QED) is 0.837. The molecule has 0 atom stereocenters. The van der Waals surface area contributed by atoms with Gasteiger partial charge in [-0.05, 0) is 68.5 Å². The Bertz CT molecular complexity index is 620. The normalized spacial score (nSPS) is 16.3. The number of aromatic hydroxyl groups is 1. The van der Waals surface area contributed by atoms with Crippen LogP contribution < -0.4 is 0 Å². The van der Waals surface area contributed by atoms with Crippen LogP contribution in [0, 0.1) is 19.8 Å². The lowest BCUT2D eigenvalue weighted by Crippen LogP contribution is -2.15. The van der Waals surface area contributed by atoms with Crippen LogP contribution in [0.5, 0.6) is 5.75 Å². The molecule has 0 unspecified atom stereocenters. The molecule has 1 aromatic heterocycles. The number of aromatic nitrogens is 1. The highest BCUT2D eigenvalue weighted by Gasteiger charge is 2.17. The highest BCUT2D eigenvalue weighted by molar-refractivity contribution is 5.66. The van der Waals surface area contributed by atoms with Crippen LogP contribution in [0.3, 0.4) is 0 Å². The summed E-state index contributed by atoms with van der Waals surface area (Å²) in [7, 11) is 0. The fourth-order valence-electron chi connectivity index (χ4n) is 3.61. The summed E-state index contributed by atoms with van der Waals surface area (Å²) in [5.41, 5.74) is 4.99. The fraction of sp³-hybridized carbons (Fsp3) is 0.474. The lowest BCUT2D eigenvalue weighted by molar-refractivity contribution is 0.319. The Morgan fingerprint density at radius 1 is 1.05 bits per heavy atom. The van der Waals surface area contributed by atoms with Gasteiger partial charge in [-0.1, -0.05) is 19.3 Å². The fourth-order valence-corrected chi connectivity index (χ4v) is 3.61. The molecule has 0 bridgehead atoms. The number of hydrogen-bond donors (Lipinski definition) is 1. The molecule has 3 rings (SSSR count). The topological polar surface area (TPSA) is 25.2 Å². The minimum Gasteiger partial charge on any atom is -0.508 e. The van der Waals surface area contributed by atoms with Crippen molar-refractivity contribution in [3.63, 3.8) is 0 Å². The summed E-state index contributed by atoms with van der Waals surface area (Å²) >= 11 is 0. The summed E-state index contributed by atoms with van der Waals surface area (Å²) in [5.74, 6) is 1.17. The van der Waals surface area contributed by atoms with E-state index in [0.29, 0.717) is 5.75 Å². The van der Waals surface area contributed by atoms with Crippen molar-refractivity contribution < 1.29 is 5.11 Å². The summed E-state index contributed by atoms with van der Waals surface area (Å²) in [5, 5.41) is 9.61. The third-order valence-corrected chi connectivity index (χ3v) is 4.85. The van der Waals surface area contributed by atoms with E-state index in [0.717, 1.165) is 18.0 Å². The van der Waals surface area contributed by atoms with Crippen molar-refractivity contribution in [3.8, 4) is 17.0 Å². The Morgan fingerprint density at radius 2 is 1.81 bits per heavy atom. The molecule has 1 saturated carbocycles. The first-order valence-electron chi connectivity index (χ1n) is 8.11. The summed E-state index contributed by atoms with van der Waals surface area (Å²) in [6.45, 7) is 5.40. The van der Waals surface area contributed by atoms with E-state index in [4.69, 9.17) is 0 Å². The molecule has 0 saturated heterocycles. The molecule has 1 heterocycles. The summed E-state index contributed by atoms with van der Waals surface area (Å²) in [6, 6.07) is 10.1. The Hall–Kier alpha value is -1.70. The monoisotopic (exact) mass is 283 g/mol. The van der Waals surface area contributed by atoms with Crippen LogP contribution in [0.2, 0.25) is 0 Å². The Kier molecular flexibility index (Phi) is 4.05. The molecule has 1 aliphatic carbocycles. The molecule has 2 heteroatoms. The zero-order chi connectivity index (χ0) is 14.8. The van der Waals surface area contributed by atoms with Crippen LogP contribution in [-0.4, -0.2) is 9.67 Å². The van der Waals surface area contributed by atoms with Crippen LogP contribution in [0.1, 0.15) is 43.4 Å². The first-order valence-corrected chi connectivity index (χ1v) is 8.11. The largest absolute Gasteiger partial charge is 0.508 e. The smallest absolute Gasteiger partial charge is 0.115 e. The number of rotatable bonds is 3. The predicted octanol–water partition coefficient (Wildman–Crippen LogP) is 5.06. The molecule has 1 fully saturated rings. The van der Waals surface area contributed by atoms with Gasteiger partial charge < -0.3 is 9.67 Å². The molecule has 1 N–H and O–H groups in total. The maximum atomic E-state index is 9.61. The van der Waals surface area contributed by atoms with Crippen molar-refractivity contribution in [1.82, 2.24) is 4.57 Å². The van der Waals surface area contributed by atoms with E-state index < -0.39 is 0 Å². The minimum atomic E-state index is 0.346. The van der Waals surface area contributed by atoms with E-state index in [1.165, 1.54) is 49.1 Å². The first-order chi connectivity index (χ1) is 10.1. The highest BCUT2D eigenvalue weighted by atomic mass is 16.3. The molecule has 112 valence electrons. The van der Waals surface area contributed by atoms with Gasteiger partial charge in [-0.2, -0.15) is 0 Å². The molecule has 1 aromatic carbocycles. The average molecular weight is 283 g/mol. The number of benzene rings is 1. The number of nitrogens with zero attached hydrogens (tertiary/aromatic N) is 1. The van der Waals surface area contributed by atoms with E-state index in [9.17, 15) is 5.11 Å². The summed E-state index contributed by atoms with van der Waals surface area (Å²) in [4.78, 5) is 0. The molecule has 2 nitrogen and oxygen atoms in total. The van der Waals surface area contributed by atoms with Crippen LogP contribution >= 0.6 is 0 Å². The first kappa shape index (κ1) is 14.2. The van der Waals surface area contributed by atoms with Gasteiger partial charge in [0.2, 0.25) is 0 Å². The Labute approximate surface area is 127 Å². The standard InChI is InChI=1S/C19H25NO/c1-14-12-17(21)9-10-18(14)19-11-8-15(2)20(19)13-16-6-4-3-5-7-16/h8-12,16,21H,3-7,13H2,1-2H3. The van der Waals surface area contributed by atoms with Crippen molar-refractivity contribution in [2.75, 3.05) is 0 Å². The lowest BCUT2D eigenvalue weighted by atomic mass is 9.89. The third-order valence-electron chi connectivity index (χ3n) is 4.85.